The standard InChI is InChI=1S/C15H26O4S/c1-10(2)13-5-4-11(3)8-14(13)19-15(16)12-6-7-20(17,18)9-12/h10-14H,4-9H2,1-3H3/t11-,12-,13-,14+/m1/s1. The van der Waals surface area contributed by atoms with E-state index in [2.05, 4.69) is 20.8 Å². The van der Waals surface area contributed by atoms with Gasteiger partial charge in [-0.25, -0.2) is 8.42 Å². The molecular formula is C15H26O4S. The Balaban J connectivity index is 1.98. The van der Waals surface area contributed by atoms with Crippen LogP contribution in [0, 0.1) is 23.7 Å². The summed E-state index contributed by atoms with van der Waals surface area (Å²) in [5, 5.41) is 0. The van der Waals surface area contributed by atoms with Crippen molar-refractivity contribution in [2.45, 2.75) is 52.6 Å². The molecule has 1 aliphatic heterocycles. The van der Waals surface area contributed by atoms with Crippen LogP contribution in [0.15, 0.2) is 0 Å². The van der Waals surface area contributed by atoms with Crippen molar-refractivity contribution in [3.8, 4) is 0 Å². The minimum atomic E-state index is -3.02. The van der Waals surface area contributed by atoms with Crippen LogP contribution in [-0.4, -0.2) is 32.0 Å². The van der Waals surface area contributed by atoms with Gasteiger partial charge in [-0.1, -0.05) is 27.2 Å². The van der Waals surface area contributed by atoms with E-state index in [1.807, 2.05) is 0 Å². The highest BCUT2D eigenvalue weighted by atomic mass is 32.2. The molecule has 5 heteroatoms. The van der Waals surface area contributed by atoms with Crippen LogP contribution >= 0.6 is 0 Å². The van der Waals surface area contributed by atoms with E-state index < -0.39 is 15.8 Å². The molecule has 0 aromatic carbocycles. The molecule has 2 aliphatic rings. The summed E-state index contributed by atoms with van der Waals surface area (Å²) in [6.07, 6.45) is 3.59. The molecule has 1 saturated heterocycles. The second-order valence-corrected chi connectivity index (χ2v) is 9.13. The van der Waals surface area contributed by atoms with Crippen LogP contribution in [0.1, 0.15) is 46.5 Å². The van der Waals surface area contributed by atoms with E-state index in [0.717, 1.165) is 12.8 Å². The maximum absolute atomic E-state index is 12.2. The highest BCUT2D eigenvalue weighted by molar-refractivity contribution is 7.91. The van der Waals surface area contributed by atoms with Crippen molar-refractivity contribution < 1.29 is 17.9 Å². The molecule has 4 nitrogen and oxygen atoms in total. The Bertz CT molecular complexity index is 454. The molecule has 0 amide bonds. The maximum atomic E-state index is 12.2. The van der Waals surface area contributed by atoms with Crippen molar-refractivity contribution in [3.63, 3.8) is 0 Å². The van der Waals surface area contributed by atoms with E-state index in [9.17, 15) is 13.2 Å². The van der Waals surface area contributed by atoms with Gasteiger partial charge in [0.1, 0.15) is 6.10 Å². The summed E-state index contributed by atoms with van der Waals surface area (Å²) in [6, 6.07) is 0. The van der Waals surface area contributed by atoms with Crippen molar-refractivity contribution in [1.29, 1.82) is 0 Å². The topological polar surface area (TPSA) is 60.4 Å². The van der Waals surface area contributed by atoms with E-state index >= 15 is 0 Å². The first-order valence-corrected chi connectivity index (χ1v) is 9.51. The second-order valence-electron chi connectivity index (χ2n) is 6.90. The molecule has 4 atom stereocenters. The van der Waals surface area contributed by atoms with Gasteiger partial charge in [-0.15, -0.1) is 0 Å². The third-order valence-corrected chi connectivity index (χ3v) is 6.56. The first-order chi connectivity index (χ1) is 9.28. The molecule has 20 heavy (non-hydrogen) atoms. The van der Waals surface area contributed by atoms with Crippen LogP contribution in [0.25, 0.3) is 0 Å². The number of ether oxygens (including phenoxy) is 1. The summed E-state index contributed by atoms with van der Waals surface area (Å²) >= 11 is 0. The molecule has 1 heterocycles. The van der Waals surface area contributed by atoms with E-state index in [0.29, 0.717) is 24.2 Å². The minimum Gasteiger partial charge on any atom is -0.462 e. The zero-order valence-electron chi connectivity index (χ0n) is 12.7. The quantitative estimate of drug-likeness (QED) is 0.751. The Hall–Kier alpha value is -0.580. The van der Waals surface area contributed by atoms with Gasteiger partial charge in [-0.05, 0) is 37.0 Å². The average Bonchev–Trinajstić information content (AvgIpc) is 2.69. The minimum absolute atomic E-state index is 0.0273. The Morgan fingerprint density at radius 3 is 2.45 bits per heavy atom. The first kappa shape index (κ1) is 15.8. The summed E-state index contributed by atoms with van der Waals surface area (Å²) in [6.45, 7) is 6.53. The molecule has 0 N–H and O–H groups in total. The molecule has 2 rings (SSSR count). The van der Waals surface area contributed by atoms with Gasteiger partial charge in [-0.2, -0.15) is 0 Å². The highest BCUT2D eigenvalue weighted by Crippen LogP contribution is 2.36. The fourth-order valence-corrected chi connectivity index (χ4v) is 5.20. The number of hydrogen-bond acceptors (Lipinski definition) is 4. The van der Waals surface area contributed by atoms with Crippen LogP contribution in [0.3, 0.4) is 0 Å². The van der Waals surface area contributed by atoms with Gasteiger partial charge in [0.15, 0.2) is 9.84 Å². The zero-order valence-corrected chi connectivity index (χ0v) is 13.5. The Morgan fingerprint density at radius 1 is 1.20 bits per heavy atom. The first-order valence-electron chi connectivity index (χ1n) is 7.69. The molecule has 0 aromatic heterocycles. The Kier molecular flexibility index (Phi) is 4.77. The van der Waals surface area contributed by atoms with E-state index in [1.54, 1.807) is 0 Å². The molecule has 0 spiro atoms. The molecule has 2 fully saturated rings. The molecule has 1 aliphatic carbocycles. The van der Waals surface area contributed by atoms with Crippen LogP contribution in [0.2, 0.25) is 0 Å². The molecule has 0 bridgehead atoms. The van der Waals surface area contributed by atoms with E-state index in [1.165, 1.54) is 6.42 Å². The lowest BCUT2D eigenvalue weighted by Gasteiger charge is -2.37. The van der Waals surface area contributed by atoms with E-state index in [4.69, 9.17) is 4.74 Å². The largest absolute Gasteiger partial charge is 0.462 e. The number of sulfone groups is 1. The lowest BCUT2D eigenvalue weighted by Crippen LogP contribution is -2.37. The number of esters is 1. The number of rotatable bonds is 3. The monoisotopic (exact) mass is 302 g/mol. The summed E-state index contributed by atoms with van der Waals surface area (Å²) in [4.78, 5) is 12.2. The van der Waals surface area contributed by atoms with Gasteiger partial charge in [0.05, 0.1) is 17.4 Å². The lowest BCUT2D eigenvalue weighted by atomic mass is 9.75. The molecule has 0 radical (unpaired) electrons. The number of carbonyl (C=O) groups excluding carboxylic acids is 1. The fourth-order valence-electron chi connectivity index (χ4n) is 3.48. The SMILES string of the molecule is CC(C)[C@H]1CC[C@@H](C)C[C@@H]1OC(=O)[C@@H]1CCS(=O)(=O)C1. The maximum Gasteiger partial charge on any atom is 0.310 e. The fraction of sp³-hybridized carbons (Fsp3) is 0.933. The third-order valence-electron chi connectivity index (χ3n) is 4.79. The predicted octanol–water partition coefficient (Wildman–Crippen LogP) is 2.43. The van der Waals surface area contributed by atoms with Crippen LogP contribution in [-0.2, 0) is 19.4 Å². The molecule has 116 valence electrons. The number of hydrogen-bond donors (Lipinski definition) is 0. The van der Waals surface area contributed by atoms with Gasteiger partial charge >= 0.3 is 5.97 Å². The molecule has 1 saturated carbocycles. The Morgan fingerprint density at radius 2 is 1.90 bits per heavy atom. The van der Waals surface area contributed by atoms with Gasteiger partial charge in [0.2, 0.25) is 0 Å². The molecule has 0 aromatic rings. The van der Waals surface area contributed by atoms with Crippen molar-refractivity contribution in [2.24, 2.45) is 23.7 Å². The van der Waals surface area contributed by atoms with Gasteiger partial charge in [0.25, 0.3) is 0 Å². The van der Waals surface area contributed by atoms with Gasteiger partial charge in [-0.3, -0.25) is 4.79 Å². The summed E-state index contributed by atoms with van der Waals surface area (Å²) in [5.41, 5.74) is 0. The van der Waals surface area contributed by atoms with Crippen LogP contribution in [0.4, 0.5) is 0 Å². The van der Waals surface area contributed by atoms with Crippen molar-refractivity contribution in [2.75, 3.05) is 11.5 Å². The lowest BCUT2D eigenvalue weighted by molar-refractivity contribution is -0.160. The molecular weight excluding hydrogens is 276 g/mol. The summed E-state index contributed by atoms with van der Waals surface area (Å²) in [7, 11) is -3.02. The van der Waals surface area contributed by atoms with Crippen molar-refractivity contribution in [1.82, 2.24) is 0 Å². The van der Waals surface area contributed by atoms with Gasteiger partial charge in [0, 0.05) is 0 Å². The Labute approximate surface area is 122 Å². The smallest absolute Gasteiger partial charge is 0.310 e. The van der Waals surface area contributed by atoms with Gasteiger partial charge < -0.3 is 4.74 Å². The summed E-state index contributed by atoms with van der Waals surface area (Å²) in [5.74, 6) is 0.846. The highest BCUT2D eigenvalue weighted by Gasteiger charge is 2.38. The predicted molar refractivity (Wildman–Crippen MR) is 78.0 cm³/mol. The van der Waals surface area contributed by atoms with Crippen LogP contribution < -0.4 is 0 Å². The average molecular weight is 302 g/mol. The van der Waals surface area contributed by atoms with Crippen LogP contribution in [0.5, 0.6) is 0 Å². The zero-order chi connectivity index (χ0) is 14.9. The molecule has 0 unspecified atom stereocenters. The second kappa shape index (κ2) is 6.04. The summed E-state index contributed by atoms with van der Waals surface area (Å²) < 4.78 is 28.6. The normalized spacial score (nSPS) is 37.0. The third kappa shape index (κ3) is 3.74. The van der Waals surface area contributed by atoms with Crippen molar-refractivity contribution in [3.05, 3.63) is 0 Å². The number of carbonyl (C=O) groups is 1. The van der Waals surface area contributed by atoms with Crippen molar-refractivity contribution >= 4 is 15.8 Å². The van der Waals surface area contributed by atoms with E-state index in [-0.39, 0.29) is 23.6 Å².